The third-order valence-corrected chi connectivity index (χ3v) is 4.97. The Bertz CT molecular complexity index is 756. The summed E-state index contributed by atoms with van der Waals surface area (Å²) in [5.74, 6) is 0.725. The maximum Gasteiger partial charge on any atom is 0.145 e. The predicted octanol–water partition coefficient (Wildman–Crippen LogP) is 4.42. The second-order valence-electron chi connectivity index (χ2n) is 5.41. The molecule has 1 atom stereocenters. The van der Waals surface area contributed by atoms with Crippen LogP contribution >= 0.6 is 11.3 Å². The van der Waals surface area contributed by atoms with Crippen molar-refractivity contribution in [1.29, 1.82) is 0 Å². The van der Waals surface area contributed by atoms with Gasteiger partial charge in [-0.1, -0.05) is 37.3 Å². The molecule has 0 radical (unpaired) electrons. The molecule has 0 saturated heterocycles. The fraction of sp³-hybridized carbons (Fsp3) is 0.263. The summed E-state index contributed by atoms with van der Waals surface area (Å²) in [6.07, 6.45) is 6.11. The first kappa shape index (κ1) is 16.6. The molecule has 3 rings (SSSR count). The van der Waals surface area contributed by atoms with Gasteiger partial charge >= 0.3 is 0 Å². The van der Waals surface area contributed by atoms with E-state index >= 15 is 0 Å². The quantitative estimate of drug-likeness (QED) is 0.639. The van der Waals surface area contributed by atoms with E-state index in [1.165, 1.54) is 0 Å². The topological polar surface area (TPSA) is 44.2 Å². The highest BCUT2D eigenvalue weighted by Crippen LogP contribution is 2.38. The van der Waals surface area contributed by atoms with Gasteiger partial charge in [-0.05, 0) is 18.1 Å². The Labute approximate surface area is 146 Å². The third kappa shape index (κ3) is 3.32. The highest BCUT2D eigenvalue weighted by molar-refractivity contribution is 7.09. The molecule has 0 N–H and O–H groups in total. The zero-order valence-electron chi connectivity index (χ0n) is 13.8. The van der Waals surface area contributed by atoms with E-state index in [9.17, 15) is 0 Å². The van der Waals surface area contributed by atoms with Gasteiger partial charge in [-0.25, -0.2) is 4.98 Å². The number of hydrogen-bond acceptors (Lipinski definition) is 5. The van der Waals surface area contributed by atoms with Gasteiger partial charge in [-0.15, -0.1) is 11.3 Å². The predicted molar refractivity (Wildman–Crippen MR) is 95.2 cm³/mol. The zero-order valence-corrected chi connectivity index (χ0v) is 14.6. The van der Waals surface area contributed by atoms with E-state index in [0.717, 1.165) is 28.3 Å². The Morgan fingerprint density at radius 2 is 2.00 bits per heavy atom. The number of nitrogens with zero attached hydrogens (tertiary/aromatic N) is 2. The van der Waals surface area contributed by atoms with Crippen LogP contribution in [0.4, 0.5) is 0 Å². The Hall–Kier alpha value is -2.24. The molecule has 5 heteroatoms. The minimum atomic E-state index is -0.590. The minimum Gasteiger partial charge on any atom is -0.487 e. The van der Waals surface area contributed by atoms with Gasteiger partial charge in [0.25, 0.3) is 0 Å². The fourth-order valence-electron chi connectivity index (χ4n) is 2.71. The number of benzene rings is 1. The van der Waals surface area contributed by atoms with Crippen LogP contribution in [0.3, 0.4) is 0 Å². The van der Waals surface area contributed by atoms with Gasteiger partial charge in [0.1, 0.15) is 23.0 Å². The van der Waals surface area contributed by atoms with Crippen molar-refractivity contribution in [3.63, 3.8) is 0 Å². The first-order valence-corrected chi connectivity index (χ1v) is 8.74. The maximum absolute atomic E-state index is 5.90. The Morgan fingerprint density at radius 3 is 2.67 bits per heavy atom. The summed E-state index contributed by atoms with van der Waals surface area (Å²) < 4.78 is 11.8. The lowest BCUT2D eigenvalue weighted by atomic mass is 9.92. The standard InChI is InChI=1S/C19H20N2O2S/c1-3-19(22-2,18-21-9-10-24-18)16-11-17(13-20-12-16)23-14-15-7-5-4-6-8-15/h4-13H,3,14H2,1-2H3. The van der Waals surface area contributed by atoms with Crippen LogP contribution in [0, 0.1) is 0 Å². The van der Waals surface area contributed by atoms with Crippen LogP contribution in [0.5, 0.6) is 5.75 Å². The summed E-state index contributed by atoms with van der Waals surface area (Å²) in [7, 11) is 1.71. The summed E-state index contributed by atoms with van der Waals surface area (Å²) in [6.45, 7) is 2.59. The fourth-order valence-corrected chi connectivity index (χ4v) is 3.62. The van der Waals surface area contributed by atoms with E-state index in [4.69, 9.17) is 9.47 Å². The lowest BCUT2D eigenvalue weighted by Gasteiger charge is -2.29. The number of thiazole rings is 1. The molecule has 3 aromatic rings. The van der Waals surface area contributed by atoms with E-state index < -0.39 is 5.60 Å². The lowest BCUT2D eigenvalue weighted by molar-refractivity contribution is 0.0179. The number of methoxy groups -OCH3 is 1. The molecule has 4 nitrogen and oxygen atoms in total. The first-order valence-electron chi connectivity index (χ1n) is 7.86. The van der Waals surface area contributed by atoms with Crippen molar-refractivity contribution in [3.05, 3.63) is 76.5 Å². The van der Waals surface area contributed by atoms with E-state index in [-0.39, 0.29) is 0 Å². The number of pyridine rings is 1. The number of rotatable bonds is 7. The SMILES string of the molecule is CCC(OC)(c1cncc(OCc2ccccc2)c1)c1nccs1. The van der Waals surface area contributed by atoms with E-state index in [1.807, 2.05) is 48.0 Å². The van der Waals surface area contributed by atoms with Gasteiger partial charge in [-0.2, -0.15) is 0 Å². The lowest BCUT2D eigenvalue weighted by Crippen LogP contribution is -2.29. The zero-order chi connectivity index (χ0) is 16.8. The van der Waals surface area contributed by atoms with E-state index in [1.54, 1.807) is 30.8 Å². The number of hydrogen-bond donors (Lipinski definition) is 0. The Morgan fingerprint density at radius 1 is 1.17 bits per heavy atom. The van der Waals surface area contributed by atoms with Crippen LogP contribution in [0.15, 0.2) is 60.4 Å². The smallest absolute Gasteiger partial charge is 0.145 e. The molecule has 1 unspecified atom stereocenters. The van der Waals surface area contributed by atoms with Gasteiger partial charge in [0.2, 0.25) is 0 Å². The molecule has 124 valence electrons. The van der Waals surface area contributed by atoms with Crippen molar-refractivity contribution < 1.29 is 9.47 Å². The molecule has 2 heterocycles. The first-order chi connectivity index (χ1) is 11.8. The molecule has 1 aromatic carbocycles. The largest absolute Gasteiger partial charge is 0.487 e. The summed E-state index contributed by atoms with van der Waals surface area (Å²) in [6, 6.07) is 12.1. The van der Waals surface area contributed by atoms with Crippen LogP contribution < -0.4 is 4.74 Å². The molecular formula is C19H20N2O2S. The molecular weight excluding hydrogens is 320 g/mol. The van der Waals surface area contributed by atoms with Gasteiger partial charge in [0.05, 0.1) is 6.20 Å². The van der Waals surface area contributed by atoms with E-state index in [0.29, 0.717) is 6.61 Å². The van der Waals surface area contributed by atoms with Crippen molar-refractivity contribution in [2.24, 2.45) is 0 Å². The van der Waals surface area contributed by atoms with Crippen molar-refractivity contribution in [1.82, 2.24) is 9.97 Å². The summed E-state index contributed by atoms with van der Waals surface area (Å²) in [4.78, 5) is 8.80. The number of aromatic nitrogens is 2. The molecule has 0 fully saturated rings. The average Bonchev–Trinajstić information content (AvgIpc) is 3.18. The van der Waals surface area contributed by atoms with Gasteiger partial charge in [0, 0.05) is 30.4 Å². The molecule has 0 amide bonds. The van der Waals surface area contributed by atoms with Gasteiger partial charge < -0.3 is 9.47 Å². The van der Waals surface area contributed by atoms with Crippen LogP contribution in [-0.4, -0.2) is 17.1 Å². The Balaban J connectivity index is 1.86. The number of ether oxygens (including phenoxy) is 2. The normalized spacial score (nSPS) is 13.4. The molecule has 0 aliphatic carbocycles. The van der Waals surface area contributed by atoms with E-state index in [2.05, 4.69) is 16.9 Å². The second kappa shape index (κ2) is 7.55. The summed E-state index contributed by atoms with van der Waals surface area (Å²) >= 11 is 1.59. The maximum atomic E-state index is 5.90. The van der Waals surface area contributed by atoms with Crippen molar-refractivity contribution in [2.75, 3.05) is 7.11 Å². The Kier molecular flexibility index (Phi) is 5.23. The molecule has 2 aromatic heterocycles. The molecule has 24 heavy (non-hydrogen) atoms. The molecule has 0 aliphatic heterocycles. The van der Waals surface area contributed by atoms with Crippen LogP contribution in [0.1, 0.15) is 29.5 Å². The highest BCUT2D eigenvalue weighted by atomic mass is 32.1. The molecule has 0 aliphatic rings. The molecule has 0 bridgehead atoms. The molecule has 0 saturated carbocycles. The van der Waals surface area contributed by atoms with Crippen LogP contribution in [0.25, 0.3) is 0 Å². The minimum absolute atomic E-state index is 0.509. The van der Waals surface area contributed by atoms with Crippen LogP contribution in [0.2, 0.25) is 0 Å². The second-order valence-corrected chi connectivity index (χ2v) is 6.30. The highest BCUT2D eigenvalue weighted by Gasteiger charge is 2.35. The molecule has 0 spiro atoms. The van der Waals surface area contributed by atoms with Crippen molar-refractivity contribution >= 4 is 11.3 Å². The van der Waals surface area contributed by atoms with Crippen molar-refractivity contribution in [2.45, 2.75) is 25.6 Å². The van der Waals surface area contributed by atoms with Gasteiger partial charge in [-0.3, -0.25) is 4.98 Å². The average molecular weight is 340 g/mol. The summed E-state index contributed by atoms with van der Waals surface area (Å²) in [5, 5.41) is 2.89. The monoisotopic (exact) mass is 340 g/mol. The summed E-state index contributed by atoms with van der Waals surface area (Å²) in [5.41, 5.74) is 1.48. The van der Waals surface area contributed by atoms with Gasteiger partial charge in [0.15, 0.2) is 0 Å². The third-order valence-electron chi connectivity index (χ3n) is 4.05. The van der Waals surface area contributed by atoms with Crippen LogP contribution in [-0.2, 0) is 16.9 Å². The van der Waals surface area contributed by atoms with Crippen molar-refractivity contribution in [3.8, 4) is 5.75 Å².